The molecule has 0 bridgehead atoms. The van der Waals surface area contributed by atoms with Gasteiger partial charge >= 0.3 is 5.97 Å². The van der Waals surface area contributed by atoms with E-state index >= 15 is 0 Å². The van der Waals surface area contributed by atoms with Crippen molar-refractivity contribution in [1.29, 1.82) is 0 Å². The second-order valence-electron chi connectivity index (χ2n) is 5.23. The first kappa shape index (κ1) is 15.9. The maximum absolute atomic E-state index is 12.2. The Morgan fingerprint density at radius 3 is 2.74 bits per heavy atom. The van der Waals surface area contributed by atoms with Crippen LogP contribution >= 0.6 is 22.7 Å². The number of carbonyl (C=O) groups excluding carboxylic acids is 3. The van der Waals surface area contributed by atoms with Crippen LogP contribution in [-0.2, 0) is 22.5 Å². The van der Waals surface area contributed by atoms with Gasteiger partial charge in [-0.25, -0.2) is 4.79 Å². The van der Waals surface area contributed by atoms with Crippen LogP contribution in [-0.4, -0.2) is 35.7 Å². The molecule has 1 aliphatic rings. The van der Waals surface area contributed by atoms with Crippen LogP contribution in [0.15, 0.2) is 23.6 Å². The molecule has 0 saturated heterocycles. The van der Waals surface area contributed by atoms with E-state index in [1.807, 2.05) is 11.4 Å². The monoisotopic (exact) mass is 349 g/mol. The first-order chi connectivity index (χ1) is 11.0. The van der Waals surface area contributed by atoms with E-state index in [-0.39, 0.29) is 18.3 Å². The van der Waals surface area contributed by atoms with Crippen LogP contribution in [0.4, 0.5) is 0 Å². The van der Waals surface area contributed by atoms with Gasteiger partial charge in [0.2, 0.25) is 0 Å². The third-order valence-electron chi connectivity index (χ3n) is 3.64. The van der Waals surface area contributed by atoms with Gasteiger partial charge in [0.15, 0.2) is 12.4 Å². The number of fused-ring (bicyclic) bond motifs is 1. The van der Waals surface area contributed by atoms with Gasteiger partial charge in [0.25, 0.3) is 5.91 Å². The molecule has 0 aliphatic carbocycles. The molecule has 1 amide bonds. The number of thiophene rings is 2. The number of rotatable bonds is 4. The third-order valence-corrected chi connectivity index (χ3v) is 5.83. The van der Waals surface area contributed by atoms with E-state index in [9.17, 15) is 14.4 Å². The number of nitrogens with zero attached hydrogens (tertiary/aromatic N) is 1. The Hall–Kier alpha value is -1.99. The zero-order valence-corrected chi connectivity index (χ0v) is 14.2. The second-order valence-corrected chi connectivity index (χ2v) is 7.31. The molecule has 0 fully saturated rings. The third kappa shape index (κ3) is 3.51. The standard InChI is InChI=1S/C16H15NO4S2/c1-10(18)12-2-3-14(23-12)16(20)21-9-15(19)17-6-4-13-11(8-17)5-7-22-13/h2-3,5,7H,4,6,8-9H2,1H3. The fraction of sp³-hybridized carbons (Fsp3) is 0.312. The lowest BCUT2D eigenvalue weighted by molar-refractivity contribution is -0.135. The SMILES string of the molecule is CC(=O)c1ccc(C(=O)OCC(=O)N2CCc3sccc3C2)s1. The molecule has 1 aliphatic heterocycles. The Labute approximate surface area is 141 Å². The number of esters is 1. The summed E-state index contributed by atoms with van der Waals surface area (Å²) in [5.74, 6) is -0.854. The summed E-state index contributed by atoms with van der Waals surface area (Å²) in [6, 6.07) is 5.17. The largest absolute Gasteiger partial charge is 0.451 e. The molecule has 0 saturated carbocycles. The minimum atomic E-state index is -0.566. The van der Waals surface area contributed by atoms with E-state index in [0.29, 0.717) is 22.8 Å². The maximum Gasteiger partial charge on any atom is 0.348 e. The summed E-state index contributed by atoms with van der Waals surface area (Å²) < 4.78 is 5.08. The predicted molar refractivity (Wildman–Crippen MR) is 88.0 cm³/mol. The Bertz CT molecular complexity index is 762. The van der Waals surface area contributed by atoms with Gasteiger partial charge in [-0.1, -0.05) is 0 Å². The lowest BCUT2D eigenvalue weighted by Gasteiger charge is -2.26. The summed E-state index contributed by atoms with van der Waals surface area (Å²) in [7, 11) is 0. The summed E-state index contributed by atoms with van der Waals surface area (Å²) in [4.78, 5) is 39.2. The van der Waals surface area contributed by atoms with Gasteiger partial charge in [-0.3, -0.25) is 9.59 Å². The molecule has 2 aromatic heterocycles. The molecular weight excluding hydrogens is 334 g/mol. The van der Waals surface area contributed by atoms with Gasteiger partial charge in [-0.05, 0) is 42.5 Å². The van der Waals surface area contributed by atoms with E-state index in [2.05, 4.69) is 0 Å². The molecule has 23 heavy (non-hydrogen) atoms. The first-order valence-corrected chi connectivity index (χ1v) is 8.85. The highest BCUT2D eigenvalue weighted by Crippen LogP contribution is 2.24. The summed E-state index contributed by atoms with van der Waals surface area (Å²) in [6.45, 7) is 2.39. The van der Waals surface area contributed by atoms with Crippen molar-refractivity contribution >= 4 is 40.3 Å². The smallest absolute Gasteiger partial charge is 0.348 e. The van der Waals surface area contributed by atoms with Crippen molar-refractivity contribution in [3.05, 3.63) is 43.8 Å². The zero-order chi connectivity index (χ0) is 16.4. The highest BCUT2D eigenvalue weighted by Gasteiger charge is 2.23. The lowest BCUT2D eigenvalue weighted by Crippen LogP contribution is -2.38. The van der Waals surface area contributed by atoms with Crippen molar-refractivity contribution in [1.82, 2.24) is 4.90 Å². The zero-order valence-electron chi connectivity index (χ0n) is 12.5. The molecule has 3 rings (SSSR count). The number of amides is 1. The molecule has 5 nitrogen and oxygen atoms in total. The Morgan fingerprint density at radius 1 is 1.22 bits per heavy atom. The van der Waals surface area contributed by atoms with Gasteiger partial charge in [0.1, 0.15) is 4.88 Å². The molecule has 2 aromatic rings. The van der Waals surface area contributed by atoms with Crippen LogP contribution in [0.25, 0.3) is 0 Å². The minimum Gasteiger partial charge on any atom is -0.451 e. The Kier molecular flexibility index (Phi) is 4.58. The van der Waals surface area contributed by atoms with Crippen LogP contribution in [0.5, 0.6) is 0 Å². The fourth-order valence-electron chi connectivity index (χ4n) is 2.39. The number of ketones is 1. The van der Waals surface area contributed by atoms with Crippen molar-refractivity contribution < 1.29 is 19.1 Å². The van der Waals surface area contributed by atoms with Crippen LogP contribution in [0.2, 0.25) is 0 Å². The van der Waals surface area contributed by atoms with E-state index < -0.39 is 5.97 Å². The Balaban J connectivity index is 1.54. The molecule has 0 unspecified atom stereocenters. The van der Waals surface area contributed by atoms with Gasteiger partial charge in [-0.2, -0.15) is 0 Å². The Morgan fingerprint density at radius 2 is 2.00 bits per heavy atom. The van der Waals surface area contributed by atoms with Crippen LogP contribution < -0.4 is 0 Å². The molecule has 3 heterocycles. The topological polar surface area (TPSA) is 63.7 Å². The van der Waals surface area contributed by atoms with Crippen molar-refractivity contribution in [3.63, 3.8) is 0 Å². The number of hydrogen-bond donors (Lipinski definition) is 0. The van der Waals surface area contributed by atoms with E-state index in [4.69, 9.17) is 4.74 Å². The van der Waals surface area contributed by atoms with Gasteiger partial charge in [-0.15, -0.1) is 22.7 Å². The van der Waals surface area contributed by atoms with Gasteiger partial charge in [0.05, 0.1) is 4.88 Å². The number of carbonyl (C=O) groups is 3. The van der Waals surface area contributed by atoms with Crippen molar-refractivity contribution in [2.24, 2.45) is 0 Å². The molecule has 0 N–H and O–H groups in total. The summed E-state index contributed by atoms with van der Waals surface area (Å²) in [6.07, 6.45) is 0.847. The highest BCUT2D eigenvalue weighted by atomic mass is 32.1. The van der Waals surface area contributed by atoms with Crippen molar-refractivity contribution in [2.75, 3.05) is 13.2 Å². The normalized spacial score (nSPS) is 13.5. The van der Waals surface area contributed by atoms with Crippen molar-refractivity contribution in [2.45, 2.75) is 19.9 Å². The molecule has 0 aromatic carbocycles. The minimum absolute atomic E-state index is 0.0926. The lowest BCUT2D eigenvalue weighted by atomic mass is 10.1. The molecule has 7 heteroatoms. The average molecular weight is 349 g/mol. The van der Waals surface area contributed by atoms with E-state index in [1.165, 1.54) is 17.4 Å². The average Bonchev–Trinajstić information content (AvgIpc) is 3.20. The molecule has 0 spiro atoms. The van der Waals surface area contributed by atoms with Crippen LogP contribution in [0, 0.1) is 0 Å². The number of hydrogen-bond acceptors (Lipinski definition) is 6. The number of ether oxygens (including phenoxy) is 1. The number of Topliss-reactive ketones (excluding diaryl/α,β-unsaturated/α-hetero) is 1. The van der Waals surface area contributed by atoms with Crippen LogP contribution in [0.1, 0.15) is 36.7 Å². The highest BCUT2D eigenvalue weighted by molar-refractivity contribution is 7.15. The molecular formula is C16H15NO4S2. The van der Waals surface area contributed by atoms with E-state index in [1.54, 1.807) is 28.4 Å². The predicted octanol–water partition coefficient (Wildman–Crippen LogP) is 2.75. The summed E-state index contributed by atoms with van der Waals surface area (Å²) in [5, 5.41) is 2.03. The molecule has 0 radical (unpaired) electrons. The molecule has 0 atom stereocenters. The summed E-state index contributed by atoms with van der Waals surface area (Å²) >= 11 is 2.79. The first-order valence-electron chi connectivity index (χ1n) is 7.15. The summed E-state index contributed by atoms with van der Waals surface area (Å²) in [5.41, 5.74) is 1.17. The van der Waals surface area contributed by atoms with Crippen LogP contribution in [0.3, 0.4) is 0 Å². The van der Waals surface area contributed by atoms with Gasteiger partial charge in [0, 0.05) is 18.0 Å². The van der Waals surface area contributed by atoms with E-state index in [0.717, 1.165) is 17.8 Å². The fourth-order valence-corrected chi connectivity index (χ4v) is 4.07. The maximum atomic E-state index is 12.2. The molecule has 120 valence electrons. The quantitative estimate of drug-likeness (QED) is 0.629. The van der Waals surface area contributed by atoms with Crippen molar-refractivity contribution in [3.8, 4) is 0 Å². The van der Waals surface area contributed by atoms with Gasteiger partial charge < -0.3 is 9.64 Å². The second kappa shape index (κ2) is 6.64.